The lowest BCUT2D eigenvalue weighted by Gasteiger charge is -2.15. The second-order valence-electron chi connectivity index (χ2n) is 5.06. The fraction of sp³-hybridized carbons (Fsp3) is 0.222. The lowest BCUT2D eigenvalue weighted by atomic mass is 10.2. The van der Waals surface area contributed by atoms with Gasteiger partial charge in [-0.3, -0.25) is 0 Å². The van der Waals surface area contributed by atoms with Crippen molar-refractivity contribution in [2.24, 2.45) is 0 Å². The maximum atomic E-state index is 11.7. The number of carbonyl (C=O) groups excluding carboxylic acids is 1. The van der Waals surface area contributed by atoms with Crippen LogP contribution in [-0.2, 0) is 4.74 Å². The minimum absolute atomic E-state index is 0.333. The number of thiocarbonyl (C=S) groups is 1. The van der Waals surface area contributed by atoms with E-state index in [1.807, 2.05) is 0 Å². The molecule has 2 aromatic rings. The normalized spacial score (nSPS) is 10.0. The highest BCUT2D eigenvalue weighted by Crippen LogP contribution is 2.35. The number of nitrogens with one attached hydrogen (secondary N) is 2. The zero-order valence-electron chi connectivity index (χ0n) is 14.6. The first-order valence-corrected chi connectivity index (χ1v) is 8.53. The van der Waals surface area contributed by atoms with Gasteiger partial charge in [0.2, 0.25) is 0 Å². The van der Waals surface area contributed by atoms with Crippen LogP contribution in [0.15, 0.2) is 36.4 Å². The van der Waals surface area contributed by atoms with Crippen molar-refractivity contribution in [1.82, 2.24) is 0 Å². The van der Waals surface area contributed by atoms with E-state index >= 15 is 0 Å². The molecule has 0 amide bonds. The molecule has 6 nitrogen and oxygen atoms in total. The zero-order chi connectivity index (χ0) is 19.1. The van der Waals surface area contributed by atoms with E-state index in [4.69, 9.17) is 38.0 Å². The van der Waals surface area contributed by atoms with E-state index in [1.54, 1.807) is 43.3 Å². The molecule has 138 valence electrons. The number of esters is 1. The Kier molecular flexibility index (Phi) is 7.06. The van der Waals surface area contributed by atoms with E-state index in [0.717, 1.165) is 5.69 Å². The molecule has 0 radical (unpaired) electrons. The molecule has 0 unspecified atom stereocenters. The smallest absolute Gasteiger partial charge is 0.338 e. The molecule has 0 atom stereocenters. The summed E-state index contributed by atoms with van der Waals surface area (Å²) in [5.74, 6) is 0.659. The summed E-state index contributed by atoms with van der Waals surface area (Å²) in [5.41, 5.74) is 1.80. The molecular formula is C18H19ClN2O4S. The van der Waals surface area contributed by atoms with Gasteiger partial charge in [0.1, 0.15) is 11.5 Å². The summed E-state index contributed by atoms with van der Waals surface area (Å²) in [6, 6.07) is 10.1. The summed E-state index contributed by atoms with van der Waals surface area (Å²) in [5, 5.41) is 6.84. The Morgan fingerprint density at radius 3 is 2.31 bits per heavy atom. The van der Waals surface area contributed by atoms with Gasteiger partial charge in [-0.15, -0.1) is 0 Å². The van der Waals surface area contributed by atoms with E-state index in [0.29, 0.717) is 39.5 Å². The van der Waals surface area contributed by atoms with Crippen molar-refractivity contribution in [2.45, 2.75) is 6.92 Å². The summed E-state index contributed by atoms with van der Waals surface area (Å²) in [6.45, 7) is 2.09. The van der Waals surface area contributed by atoms with E-state index in [1.165, 1.54) is 14.2 Å². The van der Waals surface area contributed by atoms with Gasteiger partial charge in [-0.2, -0.15) is 0 Å². The summed E-state index contributed by atoms with van der Waals surface area (Å²) < 4.78 is 15.5. The first-order valence-electron chi connectivity index (χ1n) is 7.75. The largest absolute Gasteiger partial charge is 0.495 e. The van der Waals surface area contributed by atoms with Gasteiger partial charge in [0, 0.05) is 17.8 Å². The van der Waals surface area contributed by atoms with Crippen molar-refractivity contribution < 1.29 is 19.0 Å². The number of anilines is 2. The average molecular weight is 395 g/mol. The monoisotopic (exact) mass is 394 g/mol. The van der Waals surface area contributed by atoms with Gasteiger partial charge < -0.3 is 24.8 Å². The first-order chi connectivity index (χ1) is 12.5. The van der Waals surface area contributed by atoms with E-state index in [-0.39, 0.29) is 5.97 Å². The van der Waals surface area contributed by atoms with Gasteiger partial charge in [-0.1, -0.05) is 11.6 Å². The van der Waals surface area contributed by atoms with Crippen LogP contribution in [-0.4, -0.2) is 31.9 Å². The number of ether oxygens (including phenoxy) is 3. The quantitative estimate of drug-likeness (QED) is 0.557. The predicted molar refractivity (Wildman–Crippen MR) is 107 cm³/mol. The first kappa shape index (κ1) is 19.8. The van der Waals surface area contributed by atoms with Gasteiger partial charge in [-0.25, -0.2) is 4.79 Å². The Labute approximate surface area is 162 Å². The number of hydrogen-bond acceptors (Lipinski definition) is 5. The van der Waals surface area contributed by atoms with Crippen molar-refractivity contribution in [1.29, 1.82) is 0 Å². The molecule has 0 aliphatic carbocycles. The molecule has 8 heteroatoms. The zero-order valence-corrected chi connectivity index (χ0v) is 16.2. The van der Waals surface area contributed by atoms with Crippen LogP contribution in [0.4, 0.5) is 11.4 Å². The number of halogens is 1. The summed E-state index contributed by atoms with van der Waals surface area (Å²) in [7, 11) is 3.06. The second-order valence-corrected chi connectivity index (χ2v) is 5.88. The van der Waals surface area contributed by atoms with Crippen LogP contribution in [0.3, 0.4) is 0 Å². The van der Waals surface area contributed by atoms with E-state index in [9.17, 15) is 4.79 Å². The van der Waals surface area contributed by atoms with Crippen LogP contribution in [0, 0.1) is 0 Å². The van der Waals surface area contributed by atoms with Gasteiger partial charge in [0.05, 0.1) is 37.1 Å². The molecule has 0 saturated heterocycles. The number of hydrogen-bond donors (Lipinski definition) is 2. The van der Waals surface area contributed by atoms with Gasteiger partial charge in [-0.05, 0) is 43.4 Å². The van der Waals surface area contributed by atoms with Crippen molar-refractivity contribution in [2.75, 3.05) is 31.5 Å². The van der Waals surface area contributed by atoms with Crippen molar-refractivity contribution in [3.05, 3.63) is 47.0 Å². The molecular weight excluding hydrogens is 376 g/mol. The number of carbonyl (C=O) groups is 1. The summed E-state index contributed by atoms with van der Waals surface area (Å²) in [4.78, 5) is 11.7. The van der Waals surface area contributed by atoms with Crippen molar-refractivity contribution in [3.63, 3.8) is 0 Å². The Morgan fingerprint density at radius 2 is 1.73 bits per heavy atom. The van der Waals surface area contributed by atoms with Crippen molar-refractivity contribution >= 4 is 46.3 Å². The van der Waals surface area contributed by atoms with Gasteiger partial charge in [0.25, 0.3) is 0 Å². The molecule has 0 aliphatic heterocycles. The lowest BCUT2D eigenvalue weighted by Crippen LogP contribution is -2.19. The maximum Gasteiger partial charge on any atom is 0.338 e. The highest BCUT2D eigenvalue weighted by molar-refractivity contribution is 7.80. The lowest BCUT2D eigenvalue weighted by molar-refractivity contribution is 0.0526. The molecule has 26 heavy (non-hydrogen) atoms. The number of methoxy groups -OCH3 is 2. The standard InChI is InChI=1S/C18H19ClN2O4S/c1-4-25-17(22)11-5-7-12(8-6-11)20-18(26)21-14-10-15(23-2)13(19)9-16(14)24-3/h5-10H,4H2,1-3H3,(H2,20,21,26). The van der Waals surface area contributed by atoms with Crippen LogP contribution >= 0.6 is 23.8 Å². The molecule has 2 aromatic carbocycles. The number of rotatable bonds is 6. The molecule has 0 aliphatic rings. The van der Waals surface area contributed by atoms with Gasteiger partial charge in [0.15, 0.2) is 5.11 Å². The Bertz CT molecular complexity index is 797. The molecule has 2 rings (SSSR count). The maximum absolute atomic E-state index is 11.7. The second kappa shape index (κ2) is 9.26. The van der Waals surface area contributed by atoms with E-state index in [2.05, 4.69) is 10.6 Å². The third kappa shape index (κ3) is 5.00. The minimum atomic E-state index is -0.363. The Morgan fingerprint density at radius 1 is 1.08 bits per heavy atom. The van der Waals surface area contributed by atoms with Crippen LogP contribution in [0.1, 0.15) is 17.3 Å². The Balaban J connectivity index is 2.08. The van der Waals surface area contributed by atoms with Crippen molar-refractivity contribution in [3.8, 4) is 11.5 Å². The minimum Gasteiger partial charge on any atom is -0.495 e. The van der Waals surface area contributed by atoms with Gasteiger partial charge >= 0.3 is 5.97 Å². The topological polar surface area (TPSA) is 68.8 Å². The summed E-state index contributed by atoms with van der Waals surface area (Å²) in [6.07, 6.45) is 0. The third-order valence-corrected chi connectivity index (χ3v) is 3.88. The molecule has 0 spiro atoms. The SMILES string of the molecule is CCOC(=O)c1ccc(NC(=S)Nc2cc(OC)c(Cl)cc2OC)cc1. The fourth-order valence-corrected chi connectivity index (χ4v) is 2.61. The number of benzene rings is 2. The summed E-state index contributed by atoms with van der Waals surface area (Å²) >= 11 is 11.4. The van der Waals surface area contributed by atoms with E-state index < -0.39 is 0 Å². The van der Waals surface area contributed by atoms with Crippen LogP contribution < -0.4 is 20.1 Å². The molecule has 0 bridgehead atoms. The predicted octanol–water partition coefficient (Wildman–Crippen LogP) is 4.34. The third-order valence-electron chi connectivity index (χ3n) is 3.38. The highest BCUT2D eigenvalue weighted by atomic mass is 35.5. The molecule has 0 heterocycles. The molecule has 0 fully saturated rings. The average Bonchev–Trinajstić information content (AvgIpc) is 2.63. The fourth-order valence-electron chi connectivity index (χ4n) is 2.15. The van der Waals surface area contributed by atoms with Crippen LogP contribution in [0.5, 0.6) is 11.5 Å². The van der Waals surface area contributed by atoms with Crippen LogP contribution in [0.2, 0.25) is 5.02 Å². The highest BCUT2D eigenvalue weighted by Gasteiger charge is 2.12. The van der Waals surface area contributed by atoms with Crippen LogP contribution in [0.25, 0.3) is 0 Å². The molecule has 0 saturated carbocycles. The Hall–Kier alpha value is -2.51. The molecule has 2 N–H and O–H groups in total. The molecule has 0 aromatic heterocycles.